The molecule has 1 aliphatic carbocycles. The first-order valence-corrected chi connectivity index (χ1v) is 13.7. The highest BCUT2D eigenvalue weighted by atomic mass is 32.1. The third-order valence-electron chi connectivity index (χ3n) is 6.42. The standard InChI is InChI=1S/C26H29F3N4OS.C2H6/c1-16(34)31-23(11-17-7-9-18(15-30)10-8-17)25-33-32-24(35-25)21-12-20(19-5-3-2-4-6-19)13-22(14-21)26(27,28)29;1-2/h7-10,12-14,19,23H,2-6,11,15,30H2,1H3,(H,31,34);1-2H3. The number of nitrogens with zero attached hydrogens (tertiary/aromatic N) is 2. The topological polar surface area (TPSA) is 80.9 Å². The van der Waals surface area contributed by atoms with Crippen LogP contribution in [0.5, 0.6) is 0 Å². The van der Waals surface area contributed by atoms with Gasteiger partial charge in [0.1, 0.15) is 10.0 Å². The van der Waals surface area contributed by atoms with Crippen LogP contribution in [0.25, 0.3) is 10.6 Å². The highest BCUT2D eigenvalue weighted by Crippen LogP contribution is 2.40. The van der Waals surface area contributed by atoms with Crippen LogP contribution >= 0.6 is 11.3 Å². The van der Waals surface area contributed by atoms with Crippen LogP contribution in [0, 0.1) is 0 Å². The summed E-state index contributed by atoms with van der Waals surface area (Å²) in [5.41, 5.74) is 8.12. The molecule has 3 N–H and O–H groups in total. The summed E-state index contributed by atoms with van der Waals surface area (Å²) in [5, 5.41) is 12.4. The lowest BCUT2D eigenvalue weighted by Crippen LogP contribution is -2.27. The van der Waals surface area contributed by atoms with Crippen molar-refractivity contribution < 1.29 is 18.0 Å². The number of nitrogens with two attached hydrogens (primary N) is 1. The lowest BCUT2D eigenvalue weighted by molar-refractivity contribution is -0.137. The molecule has 0 bridgehead atoms. The third kappa shape index (κ3) is 7.85. The van der Waals surface area contributed by atoms with Gasteiger partial charge in [-0.2, -0.15) is 13.2 Å². The van der Waals surface area contributed by atoms with Crippen molar-refractivity contribution in [3.8, 4) is 10.6 Å². The quantitative estimate of drug-likeness (QED) is 0.338. The number of nitrogens with one attached hydrogen (secondary N) is 1. The van der Waals surface area contributed by atoms with E-state index >= 15 is 0 Å². The van der Waals surface area contributed by atoms with Crippen molar-refractivity contribution in [3.05, 3.63) is 69.7 Å². The summed E-state index contributed by atoms with van der Waals surface area (Å²) in [6.07, 6.45) is 1.02. The van der Waals surface area contributed by atoms with Crippen LogP contribution in [0.1, 0.15) is 92.1 Å². The summed E-state index contributed by atoms with van der Waals surface area (Å²) in [7, 11) is 0. The van der Waals surface area contributed by atoms with Gasteiger partial charge in [-0.05, 0) is 60.1 Å². The van der Waals surface area contributed by atoms with Crippen LogP contribution in [0.2, 0.25) is 0 Å². The second-order valence-electron chi connectivity index (χ2n) is 9.10. The van der Waals surface area contributed by atoms with Crippen molar-refractivity contribution in [2.24, 2.45) is 5.73 Å². The zero-order valence-corrected chi connectivity index (χ0v) is 22.4. The molecule has 0 saturated heterocycles. The van der Waals surface area contributed by atoms with Gasteiger partial charge in [-0.25, -0.2) is 0 Å². The fourth-order valence-corrected chi connectivity index (χ4v) is 5.48. The smallest absolute Gasteiger partial charge is 0.347 e. The number of carbonyl (C=O) groups is 1. The normalized spacial score (nSPS) is 15.0. The Morgan fingerprint density at radius 2 is 1.70 bits per heavy atom. The minimum atomic E-state index is -4.44. The van der Waals surface area contributed by atoms with Crippen LogP contribution in [0.3, 0.4) is 0 Å². The van der Waals surface area contributed by atoms with Gasteiger partial charge >= 0.3 is 6.18 Å². The summed E-state index contributed by atoms with van der Waals surface area (Å²) in [6, 6.07) is 11.6. The first-order chi connectivity index (χ1) is 17.7. The molecule has 5 nitrogen and oxygen atoms in total. The van der Waals surface area contributed by atoms with Crippen LogP contribution < -0.4 is 11.1 Å². The Morgan fingerprint density at radius 1 is 1.05 bits per heavy atom. The highest BCUT2D eigenvalue weighted by molar-refractivity contribution is 7.14. The van der Waals surface area contributed by atoms with Gasteiger partial charge in [-0.15, -0.1) is 10.2 Å². The molecule has 0 radical (unpaired) electrons. The maximum absolute atomic E-state index is 13.7. The van der Waals surface area contributed by atoms with Gasteiger partial charge in [-0.1, -0.05) is 68.7 Å². The molecule has 1 heterocycles. The molecule has 9 heteroatoms. The van der Waals surface area contributed by atoms with E-state index < -0.39 is 17.8 Å². The van der Waals surface area contributed by atoms with Gasteiger partial charge in [-0.3, -0.25) is 4.79 Å². The van der Waals surface area contributed by atoms with Crippen LogP contribution in [0.4, 0.5) is 13.2 Å². The van der Waals surface area contributed by atoms with Gasteiger partial charge in [0.25, 0.3) is 0 Å². The van der Waals surface area contributed by atoms with Gasteiger partial charge in [0.15, 0.2) is 0 Å². The minimum Gasteiger partial charge on any atom is -0.347 e. The maximum atomic E-state index is 13.7. The molecule has 1 unspecified atom stereocenters. The largest absolute Gasteiger partial charge is 0.416 e. The SMILES string of the molecule is CC.CC(=O)NC(Cc1ccc(CN)cc1)c1nnc(-c2cc(C3CCCCC3)cc(C(F)(F)F)c2)s1. The number of halogens is 3. The first-order valence-electron chi connectivity index (χ1n) is 12.8. The zero-order valence-electron chi connectivity index (χ0n) is 21.6. The van der Waals surface area contributed by atoms with Crippen molar-refractivity contribution in [3.63, 3.8) is 0 Å². The van der Waals surface area contributed by atoms with E-state index in [1.54, 1.807) is 0 Å². The van der Waals surface area contributed by atoms with E-state index in [1.165, 1.54) is 24.3 Å². The molecule has 1 aliphatic rings. The number of carbonyl (C=O) groups excluding carboxylic acids is 1. The van der Waals surface area contributed by atoms with Crippen molar-refractivity contribution in [2.45, 2.75) is 84.0 Å². The Balaban J connectivity index is 0.00000186. The van der Waals surface area contributed by atoms with E-state index in [1.807, 2.05) is 44.2 Å². The van der Waals surface area contributed by atoms with E-state index in [0.29, 0.717) is 34.1 Å². The van der Waals surface area contributed by atoms with E-state index in [4.69, 9.17) is 5.73 Å². The molecule has 1 aromatic heterocycles. The average Bonchev–Trinajstić information content (AvgIpc) is 3.40. The fourth-order valence-electron chi connectivity index (χ4n) is 4.60. The van der Waals surface area contributed by atoms with Gasteiger partial charge in [0, 0.05) is 19.0 Å². The molecule has 1 atom stereocenters. The van der Waals surface area contributed by atoms with E-state index in [2.05, 4.69) is 15.5 Å². The van der Waals surface area contributed by atoms with Gasteiger partial charge < -0.3 is 11.1 Å². The van der Waals surface area contributed by atoms with Gasteiger partial charge in [0.05, 0.1) is 11.6 Å². The van der Waals surface area contributed by atoms with Crippen LogP contribution in [0.15, 0.2) is 42.5 Å². The van der Waals surface area contributed by atoms with E-state index in [-0.39, 0.29) is 11.8 Å². The van der Waals surface area contributed by atoms with Crippen LogP contribution in [-0.2, 0) is 23.9 Å². The Hall–Kier alpha value is -2.78. The number of amides is 1. The van der Waals surface area contributed by atoms with Crippen LogP contribution in [-0.4, -0.2) is 16.1 Å². The van der Waals surface area contributed by atoms with Crippen molar-refractivity contribution in [1.29, 1.82) is 0 Å². The highest BCUT2D eigenvalue weighted by Gasteiger charge is 2.32. The number of hydrogen-bond acceptors (Lipinski definition) is 5. The van der Waals surface area contributed by atoms with Gasteiger partial charge in [0.2, 0.25) is 5.91 Å². The second kappa shape index (κ2) is 13.1. The summed E-state index contributed by atoms with van der Waals surface area (Å²) >= 11 is 1.21. The number of benzene rings is 2. The molecule has 200 valence electrons. The molecule has 1 amide bonds. The molecule has 1 fully saturated rings. The Kier molecular flexibility index (Phi) is 10.2. The molecule has 1 saturated carbocycles. The number of hydrogen-bond donors (Lipinski definition) is 2. The predicted molar refractivity (Wildman–Crippen MR) is 142 cm³/mol. The number of aromatic nitrogens is 2. The van der Waals surface area contributed by atoms with E-state index in [9.17, 15) is 18.0 Å². The summed E-state index contributed by atoms with van der Waals surface area (Å²) < 4.78 is 41.1. The summed E-state index contributed by atoms with van der Waals surface area (Å²) in [5.74, 6) is -0.0928. The van der Waals surface area contributed by atoms with Crippen molar-refractivity contribution in [2.75, 3.05) is 0 Å². The summed E-state index contributed by atoms with van der Waals surface area (Å²) in [4.78, 5) is 11.9. The average molecular weight is 533 g/mol. The predicted octanol–water partition coefficient (Wildman–Crippen LogP) is 7.18. The van der Waals surface area contributed by atoms with Crippen molar-refractivity contribution >= 4 is 17.2 Å². The molecular formula is C28H35F3N4OS. The zero-order chi connectivity index (χ0) is 27.0. The molecule has 0 spiro atoms. The molecular weight excluding hydrogens is 497 g/mol. The minimum absolute atomic E-state index is 0.126. The van der Waals surface area contributed by atoms with E-state index in [0.717, 1.165) is 49.3 Å². The Morgan fingerprint density at radius 3 is 2.30 bits per heavy atom. The Bertz CT molecular complexity index is 1150. The molecule has 3 aromatic rings. The third-order valence-corrected chi connectivity index (χ3v) is 7.51. The molecule has 37 heavy (non-hydrogen) atoms. The Labute approximate surface area is 220 Å². The fraction of sp³-hybridized carbons (Fsp3) is 0.464. The summed E-state index contributed by atoms with van der Waals surface area (Å²) in [6.45, 7) is 5.87. The molecule has 2 aromatic carbocycles. The number of alkyl halides is 3. The molecule has 0 aliphatic heterocycles. The second-order valence-corrected chi connectivity index (χ2v) is 10.1. The first kappa shape index (κ1) is 28.8. The lowest BCUT2D eigenvalue weighted by atomic mass is 9.83. The lowest BCUT2D eigenvalue weighted by Gasteiger charge is -2.23. The maximum Gasteiger partial charge on any atom is 0.416 e. The number of rotatable bonds is 7. The molecule has 4 rings (SSSR count). The van der Waals surface area contributed by atoms with Crippen molar-refractivity contribution in [1.82, 2.24) is 15.5 Å². The monoisotopic (exact) mass is 532 g/mol.